The van der Waals surface area contributed by atoms with Crippen molar-refractivity contribution < 1.29 is 14.3 Å². The van der Waals surface area contributed by atoms with E-state index in [2.05, 4.69) is 5.32 Å². The fourth-order valence-electron chi connectivity index (χ4n) is 2.49. The summed E-state index contributed by atoms with van der Waals surface area (Å²) in [4.78, 5) is 12.2. The molecule has 0 radical (unpaired) electrons. The highest BCUT2D eigenvalue weighted by molar-refractivity contribution is 6.39. The van der Waals surface area contributed by atoms with Crippen molar-refractivity contribution in [2.75, 3.05) is 30.2 Å². The number of carbonyl (C=O) groups is 1. The van der Waals surface area contributed by atoms with Gasteiger partial charge in [0.05, 0.1) is 27.0 Å². The summed E-state index contributed by atoms with van der Waals surface area (Å²) in [7, 11) is 0. The molecule has 164 valence electrons. The van der Waals surface area contributed by atoms with Crippen molar-refractivity contribution in [2.24, 2.45) is 0 Å². The highest BCUT2D eigenvalue weighted by Gasteiger charge is 2.15. The van der Waals surface area contributed by atoms with Crippen LogP contribution in [0.1, 0.15) is 22.8 Å². The van der Waals surface area contributed by atoms with Crippen molar-refractivity contribution in [3.05, 3.63) is 81.8 Å². The average Bonchev–Trinajstić information content (AvgIpc) is 2.74. The van der Waals surface area contributed by atoms with Gasteiger partial charge >= 0.3 is 5.97 Å². The Morgan fingerprint density at radius 2 is 1.68 bits per heavy atom. The van der Waals surface area contributed by atoms with Gasteiger partial charge in [-0.3, -0.25) is 0 Å². The van der Waals surface area contributed by atoms with E-state index in [1.807, 2.05) is 26.0 Å². The third-order valence-electron chi connectivity index (χ3n) is 4.08. The third-order valence-corrected chi connectivity index (χ3v) is 4.88. The molecule has 3 aromatic rings. The Bertz CT molecular complexity index is 1010. The smallest absolute Gasteiger partial charge is 0.342 e. The molecule has 0 aromatic heterocycles. The normalized spacial score (nSPS) is 10.1. The second kappa shape index (κ2) is 12.1. The van der Waals surface area contributed by atoms with E-state index in [1.165, 1.54) is 0 Å². The first-order valence-corrected chi connectivity index (χ1v) is 10.3. The number of hydrogen-bond acceptors (Lipinski definition) is 6. The van der Waals surface area contributed by atoms with E-state index >= 15 is 0 Å². The fourth-order valence-corrected chi connectivity index (χ4v) is 2.96. The lowest BCUT2D eigenvalue weighted by Gasteiger charge is -2.15. The number of rotatable bonds is 6. The molecule has 0 atom stereocenters. The minimum Gasteiger partial charge on any atom is -0.435 e. The van der Waals surface area contributed by atoms with Gasteiger partial charge in [0.15, 0.2) is 6.79 Å². The number of ether oxygens (including phenoxy) is 2. The molecule has 3 rings (SSSR count). The molecule has 0 amide bonds. The van der Waals surface area contributed by atoms with E-state index in [0.717, 1.165) is 5.56 Å². The quantitative estimate of drug-likeness (QED) is 0.179. The first-order valence-electron chi connectivity index (χ1n) is 9.50. The van der Waals surface area contributed by atoms with Gasteiger partial charge in [-0.2, -0.15) is 0 Å². The Hall–Kier alpha value is -2.93. The number of nitrogen functional groups attached to an aromatic ring is 2. The third kappa shape index (κ3) is 7.36. The number of halogens is 2. The van der Waals surface area contributed by atoms with Crippen molar-refractivity contribution in [2.45, 2.75) is 13.8 Å². The summed E-state index contributed by atoms with van der Waals surface area (Å²) in [5, 5.41) is 4.10. The van der Waals surface area contributed by atoms with Gasteiger partial charge in [-0.1, -0.05) is 47.5 Å². The van der Waals surface area contributed by atoms with Gasteiger partial charge in [-0.25, -0.2) is 4.79 Å². The molecule has 31 heavy (non-hydrogen) atoms. The van der Waals surface area contributed by atoms with E-state index in [1.54, 1.807) is 48.5 Å². The Morgan fingerprint density at radius 1 is 1.00 bits per heavy atom. The van der Waals surface area contributed by atoms with E-state index in [0.29, 0.717) is 45.0 Å². The SMILES string of the molecule is CCOCOC(=O)c1ccccc1Nc1c(Cl)ccc(C)c1Cl.Nc1cccc(N)c1. The summed E-state index contributed by atoms with van der Waals surface area (Å²) in [6, 6.07) is 17.7. The number of nitrogens with two attached hydrogens (primary N) is 2. The van der Waals surface area contributed by atoms with Crippen LogP contribution in [0, 0.1) is 6.92 Å². The summed E-state index contributed by atoms with van der Waals surface area (Å²) in [6.45, 7) is 4.09. The summed E-state index contributed by atoms with van der Waals surface area (Å²) in [5.74, 6) is -0.485. The lowest BCUT2D eigenvalue weighted by molar-refractivity contribution is -0.0273. The number of para-hydroxylation sites is 1. The zero-order chi connectivity index (χ0) is 22.8. The van der Waals surface area contributed by atoms with Gasteiger partial charge in [-0.15, -0.1) is 0 Å². The second-order valence-corrected chi connectivity index (χ2v) is 7.22. The van der Waals surface area contributed by atoms with Crippen LogP contribution in [-0.2, 0) is 9.47 Å². The minimum absolute atomic E-state index is 0.0877. The van der Waals surface area contributed by atoms with Gasteiger partial charge in [0.1, 0.15) is 0 Å². The van der Waals surface area contributed by atoms with Gasteiger partial charge < -0.3 is 26.3 Å². The van der Waals surface area contributed by atoms with Crippen molar-refractivity contribution in [3.63, 3.8) is 0 Å². The van der Waals surface area contributed by atoms with Crippen LogP contribution in [0.25, 0.3) is 0 Å². The number of esters is 1. The van der Waals surface area contributed by atoms with Crippen LogP contribution in [0.5, 0.6) is 0 Å². The molecule has 5 N–H and O–H groups in total. The maximum absolute atomic E-state index is 12.2. The van der Waals surface area contributed by atoms with E-state index in [-0.39, 0.29) is 6.79 Å². The lowest BCUT2D eigenvalue weighted by atomic mass is 10.1. The molecule has 3 aromatic carbocycles. The molecule has 0 heterocycles. The molecule has 0 spiro atoms. The highest BCUT2D eigenvalue weighted by atomic mass is 35.5. The number of benzene rings is 3. The number of aryl methyl sites for hydroxylation is 1. The maximum atomic E-state index is 12.2. The van der Waals surface area contributed by atoms with Crippen LogP contribution < -0.4 is 16.8 Å². The molecule has 0 fully saturated rings. The molecular formula is C23H25Cl2N3O3. The van der Waals surface area contributed by atoms with E-state index in [4.69, 9.17) is 44.1 Å². The summed E-state index contributed by atoms with van der Waals surface area (Å²) in [6.07, 6.45) is 0. The standard InChI is InChI=1S/C17H17Cl2NO3.C6H8N2/c1-3-22-10-23-17(21)12-6-4-5-7-14(12)20-16-13(18)9-8-11(2)15(16)19;7-5-2-1-3-6(8)4-5/h4-9,20H,3,10H2,1-2H3;1-4H,7-8H2. The average molecular weight is 462 g/mol. The van der Waals surface area contributed by atoms with Crippen molar-refractivity contribution >= 4 is 51.9 Å². The summed E-state index contributed by atoms with van der Waals surface area (Å²) >= 11 is 12.5. The van der Waals surface area contributed by atoms with Crippen LogP contribution in [0.3, 0.4) is 0 Å². The zero-order valence-corrected chi connectivity index (χ0v) is 18.8. The van der Waals surface area contributed by atoms with Crippen molar-refractivity contribution in [3.8, 4) is 0 Å². The lowest BCUT2D eigenvalue weighted by Crippen LogP contribution is -2.11. The molecule has 0 saturated heterocycles. The van der Waals surface area contributed by atoms with Gasteiger partial charge in [0.2, 0.25) is 0 Å². The molecule has 0 unspecified atom stereocenters. The van der Waals surface area contributed by atoms with Crippen molar-refractivity contribution in [1.82, 2.24) is 0 Å². The van der Waals surface area contributed by atoms with E-state index < -0.39 is 5.97 Å². The number of hydrogen-bond donors (Lipinski definition) is 3. The monoisotopic (exact) mass is 461 g/mol. The first-order chi connectivity index (χ1) is 14.8. The fraction of sp³-hybridized carbons (Fsp3) is 0.174. The molecule has 0 saturated carbocycles. The van der Waals surface area contributed by atoms with Crippen LogP contribution >= 0.6 is 23.2 Å². The van der Waals surface area contributed by atoms with E-state index in [9.17, 15) is 4.79 Å². The predicted molar refractivity (Wildman–Crippen MR) is 128 cm³/mol. The Kier molecular flexibility index (Phi) is 9.46. The van der Waals surface area contributed by atoms with Gasteiger partial charge in [0.25, 0.3) is 0 Å². The highest BCUT2D eigenvalue weighted by Crippen LogP contribution is 2.36. The summed E-state index contributed by atoms with van der Waals surface area (Å²) in [5.41, 5.74) is 14.6. The first kappa shape index (κ1) is 24.3. The molecule has 0 bridgehead atoms. The topological polar surface area (TPSA) is 99.6 Å². The Morgan fingerprint density at radius 3 is 2.29 bits per heavy atom. The molecule has 0 aliphatic rings. The largest absolute Gasteiger partial charge is 0.435 e. The van der Waals surface area contributed by atoms with Crippen LogP contribution in [0.15, 0.2) is 60.7 Å². The predicted octanol–water partition coefficient (Wildman–Crippen LogP) is 6.05. The second-order valence-electron chi connectivity index (χ2n) is 6.44. The number of carbonyl (C=O) groups excluding carboxylic acids is 1. The molecule has 8 heteroatoms. The van der Waals surface area contributed by atoms with Crippen molar-refractivity contribution in [1.29, 1.82) is 0 Å². The Balaban J connectivity index is 0.000000357. The number of anilines is 4. The van der Waals surface area contributed by atoms with Crippen LogP contribution in [-0.4, -0.2) is 19.4 Å². The van der Waals surface area contributed by atoms with Crippen LogP contribution in [0.4, 0.5) is 22.7 Å². The Labute approximate surface area is 192 Å². The molecule has 6 nitrogen and oxygen atoms in total. The van der Waals surface area contributed by atoms with Crippen LogP contribution in [0.2, 0.25) is 10.0 Å². The molecule has 0 aliphatic heterocycles. The summed E-state index contributed by atoms with van der Waals surface area (Å²) < 4.78 is 10.1. The maximum Gasteiger partial charge on any atom is 0.342 e. The van der Waals surface area contributed by atoms with Gasteiger partial charge in [-0.05, 0) is 55.8 Å². The zero-order valence-electron chi connectivity index (χ0n) is 17.3. The number of nitrogens with one attached hydrogen (secondary N) is 1. The minimum atomic E-state index is -0.485. The molecular weight excluding hydrogens is 437 g/mol. The van der Waals surface area contributed by atoms with Gasteiger partial charge in [0, 0.05) is 18.0 Å². The molecule has 0 aliphatic carbocycles.